The molecule has 2 aromatic heterocycles. The van der Waals surface area contributed by atoms with Gasteiger partial charge < -0.3 is 9.84 Å². The van der Waals surface area contributed by atoms with Gasteiger partial charge in [0.2, 0.25) is 0 Å². The number of aryl methyl sites for hydroxylation is 1. The minimum atomic E-state index is -0.119. The van der Waals surface area contributed by atoms with Crippen LogP contribution in [-0.2, 0) is 6.42 Å². The van der Waals surface area contributed by atoms with Gasteiger partial charge >= 0.3 is 0 Å². The van der Waals surface area contributed by atoms with E-state index in [4.69, 9.17) is 4.52 Å². The first kappa shape index (κ1) is 16.2. The molecule has 2 heterocycles. The summed E-state index contributed by atoms with van der Waals surface area (Å²) in [5.74, 6) is 0.0854. The number of carbonyl (C=O) groups excluding carboxylic acids is 1. The van der Waals surface area contributed by atoms with Crippen molar-refractivity contribution in [2.45, 2.75) is 33.1 Å². The van der Waals surface area contributed by atoms with Crippen LogP contribution in [0.2, 0.25) is 0 Å². The van der Waals surface area contributed by atoms with Crippen molar-refractivity contribution in [3.05, 3.63) is 58.9 Å². The predicted molar refractivity (Wildman–Crippen MR) is 93.1 cm³/mol. The molecule has 0 spiro atoms. The second kappa shape index (κ2) is 6.83. The minimum Gasteiger partial charge on any atom is -0.352 e. The van der Waals surface area contributed by atoms with Crippen molar-refractivity contribution in [2.75, 3.05) is 6.54 Å². The van der Waals surface area contributed by atoms with Gasteiger partial charge in [-0.1, -0.05) is 49.3 Å². The number of pyridine rings is 1. The number of rotatable bonds is 5. The smallest absolute Gasteiger partial charge is 0.259 e. The Morgan fingerprint density at radius 3 is 2.71 bits per heavy atom. The van der Waals surface area contributed by atoms with Crippen LogP contribution in [0, 0.1) is 6.92 Å². The van der Waals surface area contributed by atoms with Gasteiger partial charge in [0.05, 0.1) is 16.6 Å². The molecule has 0 unspecified atom stereocenters. The van der Waals surface area contributed by atoms with E-state index >= 15 is 0 Å². The lowest BCUT2D eigenvalue weighted by Gasteiger charge is -2.09. The molecule has 0 aliphatic rings. The second-order valence-electron chi connectivity index (χ2n) is 6.19. The summed E-state index contributed by atoms with van der Waals surface area (Å²) in [5.41, 5.74) is 3.71. The Balaban J connectivity index is 1.82. The highest BCUT2D eigenvalue weighted by atomic mass is 16.5. The summed E-state index contributed by atoms with van der Waals surface area (Å²) in [7, 11) is 0. The number of benzene rings is 1. The standard InChI is InChI=1S/C19H21N3O2/c1-12(2)16-11-15(17-13(3)22-24-19(17)21-16)18(23)20-10-9-14-7-5-4-6-8-14/h4-8,11-12H,9-10H2,1-3H3,(H,20,23). The summed E-state index contributed by atoms with van der Waals surface area (Å²) in [6.07, 6.45) is 0.792. The quantitative estimate of drug-likeness (QED) is 0.778. The van der Waals surface area contributed by atoms with Crippen LogP contribution in [0.1, 0.15) is 47.1 Å². The van der Waals surface area contributed by atoms with Crippen molar-refractivity contribution >= 4 is 17.0 Å². The molecule has 0 radical (unpaired) electrons. The predicted octanol–water partition coefficient (Wildman–Crippen LogP) is 3.63. The summed E-state index contributed by atoms with van der Waals surface area (Å²) in [5, 5.41) is 7.63. The van der Waals surface area contributed by atoms with E-state index in [0.717, 1.165) is 12.1 Å². The van der Waals surface area contributed by atoms with Crippen molar-refractivity contribution in [3.63, 3.8) is 0 Å². The van der Waals surface area contributed by atoms with Crippen LogP contribution in [-0.4, -0.2) is 22.6 Å². The monoisotopic (exact) mass is 323 g/mol. The SMILES string of the molecule is Cc1noc2nc(C(C)C)cc(C(=O)NCCc3ccccc3)c12. The maximum Gasteiger partial charge on any atom is 0.259 e. The van der Waals surface area contributed by atoms with Crippen LogP contribution in [0.5, 0.6) is 0 Å². The lowest BCUT2D eigenvalue weighted by Crippen LogP contribution is -2.26. The molecule has 0 aliphatic heterocycles. The highest BCUT2D eigenvalue weighted by Gasteiger charge is 2.19. The van der Waals surface area contributed by atoms with Crippen molar-refractivity contribution in [1.29, 1.82) is 0 Å². The molecular weight excluding hydrogens is 302 g/mol. The molecule has 0 bridgehead atoms. The molecule has 3 rings (SSSR count). The van der Waals surface area contributed by atoms with Gasteiger partial charge in [-0.05, 0) is 30.9 Å². The van der Waals surface area contributed by atoms with E-state index in [1.807, 2.05) is 45.0 Å². The number of nitrogens with one attached hydrogen (secondary N) is 1. The molecular formula is C19H21N3O2. The first-order chi connectivity index (χ1) is 11.6. The molecule has 5 heteroatoms. The second-order valence-corrected chi connectivity index (χ2v) is 6.19. The number of carbonyl (C=O) groups is 1. The summed E-state index contributed by atoms with van der Waals surface area (Å²) < 4.78 is 5.26. The fourth-order valence-electron chi connectivity index (χ4n) is 2.65. The molecule has 24 heavy (non-hydrogen) atoms. The Morgan fingerprint density at radius 2 is 2.00 bits per heavy atom. The lowest BCUT2D eigenvalue weighted by atomic mass is 10.0. The van der Waals surface area contributed by atoms with Gasteiger partial charge in [0, 0.05) is 12.2 Å². The fraction of sp³-hybridized carbons (Fsp3) is 0.316. The molecule has 0 aliphatic carbocycles. The third kappa shape index (κ3) is 3.30. The van der Waals surface area contributed by atoms with Crippen LogP contribution < -0.4 is 5.32 Å². The highest BCUT2D eigenvalue weighted by Crippen LogP contribution is 2.25. The Bertz CT molecular complexity index is 854. The van der Waals surface area contributed by atoms with E-state index in [0.29, 0.717) is 28.9 Å². The first-order valence-electron chi connectivity index (χ1n) is 8.15. The van der Waals surface area contributed by atoms with Crippen molar-refractivity contribution in [3.8, 4) is 0 Å². The molecule has 3 aromatic rings. The molecule has 0 saturated carbocycles. The number of hydrogen-bond donors (Lipinski definition) is 1. The Kier molecular flexibility index (Phi) is 4.60. The van der Waals surface area contributed by atoms with E-state index in [9.17, 15) is 4.79 Å². The van der Waals surface area contributed by atoms with Crippen LogP contribution in [0.4, 0.5) is 0 Å². The topological polar surface area (TPSA) is 68.0 Å². The fourth-order valence-corrected chi connectivity index (χ4v) is 2.65. The van der Waals surface area contributed by atoms with E-state index < -0.39 is 0 Å². The third-order valence-corrected chi connectivity index (χ3v) is 4.02. The molecule has 0 atom stereocenters. The van der Waals surface area contributed by atoms with Gasteiger partial charge in [0.15, 0.2) is 0 Å². The summed E-state index contributed by atoms with van der Waals surface area (Å²) in [4.78, 5) is 17.1. The van der Waals surface area contributed by atoms with Gasteiger partial charge in [0.1, 0.15) is 0 Å². The highest BCUT2D eigenvalue weighted by molar-refractivity contribution is 6.06. The molecule has 0 fully saturated rings. The number of amides is 1. The van der Waals surface area contributed by atoms with Crippen LogP contribution in [0.3, 0.4) is 0 Å². The van der Waals surface area contributed by atoms with E-state index in [-0.39, 0.29) is 11.8 Å². The zero-order valence-corrected chi connectivity index (χ0v) is 14.2. The maximum atomic E-state index is 12.7. The van der Waals surface area contributed by atoms with Gasteiger partial charge in [-0.15, -0.1) is 0 Å². The molecule has 124 valence electrons. The van der Waals surface area contributed by atoms with Crippen LogP contribution in [0.15, 0.2) is 40.9 Å². The van der Waals surface area contributed by atoms with Crippen LogP contribution in [0.25, 0.3) is 11.1 Å². The molecule has 1 aromatic carbocycles. The van der Waals surface area contributed by atoms with Gasteiger partial charge in [-0.2, -0.15) is 0 Å². The van der Waals surface area contributed by atoms with Crippen LogP contribution >= 0.6 is 0 Å². The van der Waals surface area contributed by atoms with E-state index in [2.05, 4.69) is 27.6 Å². The summed E-state index contributed by atoms with van der Waals surface area (Å²) >= 11 is 0. The maximum absolute atomic E-state index is 12.7. The van der Waals surface area contributed by atoms with E-state index in [1.165, 1.54) is 5.56 Å². The Labute approximate surface area is 141 Å². The number of nitrogens with zero attached hydrogens (tertiary/aromatic N) is 2. The first-order valence-corrected chi connectivity index (χ1v) is 8.15. The van der Waals surface area contributed by atoms with E-state index in [1.54, 1.807) is 0 Å². The number of fused-ring (bicyclic) bond motifs is 1. The van der Waals surface area contributed by atoms with Gasteiger partial charge in [0.25, 0.3) is 11.6 Å². The van der Waals surface area contributed by atoms with Crippen molar-refractivity contribution < 1.29 is 9.32 Å². The molecule has 0 saturated heterocycles. The summed E-state index contributed by atoms with van der Waals surface area (Å²) in [6, 6.07) is 11.9. The number of hydrogen-bond acceptors (Lipinski definition) is 4. The number of aromatic nitrogens is 2. The zero-order valence-electron chi connectivity index (χ0n) is 14.2. The lowest BCUT2D eigenvalue weighted by molar-refractivity contribution is 0.0955. The van der Waals surface area contributed by atoms with Crippen molar-refractivity contribution in [1.82, 2.24) is 15.5 Å². The van der Waals surface area contributed by atoms with Gasteiger partial charge in [-0.25, -0.2) is 4.98 Å². The average molecular weight is 323 g/mol. The Morgan fingerprint density at radius 1 is 1.25 bits per heavy atom. The Hall–Kier alpha value is -2.69. The average Bonchev–Trinajstić information content (AvgIpc) is 2.96. The largest absolute Gasteiger partial charge is 0.352 e. The molecule has 1 N–H and O–H groups in total. The zero-order chi connectivity index (χ0) is 17.1. The van der Waals surface area contributed by atoms with Crippen molar-refractivity contribution in [2.24, 2.45) is 0 Å². The minimum absolute atomic E-state index is 0.119. The summed E-state index contributed by atoms with van der Waals surface area (Å²) in [6.45, 7) is 6.47. The molecule has 1 amide bonds. The molecule has 5 nitrogen and oxygen atoms in total. The van der Waals surface area contributed by atoms with Gasteiger partial charge in [-0.3, -0.25) is 4.79 Å². The third-order valence-electron chi connectivity index (χ3n) is 4.02. The normalized spacial score (nSPS) is 11.2.